The van der Waals surface area contributed by atoms with Crippen molar-refractivity contribution < 1.29 is 71.2 Å². The maximum atomic E-state index is 10.0. The van der Waals surface area contributed by atoms with E-state index < -0.39 is 11.9 Å². The molecule has 15 heavy (non-hydrogen) atoms. The third-order valence-corrected chi connectivity index (χ3v) is 1.20. The number of aromatic nitrogens is 1. The van der Waals surface area contributed by atoms with Gasteiger partial charge in [-0.3, -0.25) is 9.78 Å². The Labute approximate surface area is 130 Å². The molecule has 0 aliphatic rings. The topological polar surface area (TPSA) is 90.3 Å². The van der Waals surface area contributed by atoms with Crippen molar-refractivity contribution in [2.24, 2.45) is 0 Å². The van der Waals surface area contributed by atoms with Crippen molar-refractivity contribution >= 4 is 11.9 Å². The summed E-state index contributed by atoms with van der Waals surface area (Å²) in [7, 11) is 0. The third kappa shape index (κ3) is 10.0. The summed E-state index contributed by atoms with van der Waals surface area (Å²) < 4.78 is 0. The van der Waals surface area contributed by atoms with E-state index in [1.54, 1.807) is 13.0 Å². The fourth-order valence-corrected chi connectivity index (χ4v) is 0.484. The monoisotopic (exact) mass is 235 g/mol. The van der Waals surface area contributed by atoms with Crippen molar-refractivity contribution in [2.75, 3.05) is 0 Å². The van der Waals surface area contributed by atoms with Crippen LogP contribution in [0.4, 0.5) is 0 Å². The molecule has 0 amide bonds. The molecule has 0 spiro atoms. The van der Waals surface area contributed by atoms with E-state index in [4.69, 9.17) is 5.11 Å². The van der Waals surface area contributed by atoms with E-state index in [1.807, 2.05) is 0 Å². The molecular formula is C9H10KNO4. The summed E-state index contributed by atoms with van der Waals surface area (Å²) in [4.78, 5) is 23.0. The van der Waals surface area contributed by atoms with Crippen LogP contribution in [0.1, 0.15) is 23.7 Å². The summed E-state index contributed by atoms with van der Waals surface area (Å²) in [5.41, 5.74) is 0.109. The summed E-state index contributed by atoms with van der Waals surface area (Å²) in [6, 6.07) is 2.98. The molecule has 76 valence electrons. The molecule has 0 saturated carbocycles. The largest absolute Gasteiger partial charge is 1.00 e. The van der Waals surface area contributed by atoms with Gasteiger partial charge >= 0.3 is 57.4 Å². The second-order valence-electron chi connectivity index (χ2n) is 2.28. The van der Waals surface area contributed by atoms with E-state index >= 15 is 0 Å². The average molecular weight is 235 g/mol. The number of rotatable bonds is 2. The molecule has 0 unspecified atom stereocenters. The first kappa shape index (κ1) is 17.1. The van der Waals surface area contributed by atoms with E-state index in [0.29, 0.717) is 0 Å². The number of carbonyl (C=O) groups is 2. The zero-order valence-corrected chi connectivity index (χ0v) is 11.8. The second kappa shape index (κ2) is 10.3. The molecule has 1 aromatic heterocycles. The fourth-order valence-electron chi connectivity index (χ4n) is 0.484. The first-order chi connectivity index (χ1) is 6.57. The Bertz CT molecular complexity index is 302. The van der Waals surface area contributed by atoms with E-state index in [0.717, 1.165) is 0 Å². The Morgan fingerprint density at radius 1 is 1.53 bits per heavy atom. The maximum absolute atomic E-state index is 10.0. The minimum Gasteiger partial charge on any atom is -0.545 e. The predicted octanol–water partition coefficient (Wildman–Crippen LogP) is -3.07. The maximum Gasteiger partial charge on any atom is 1.00 e. The number of carboxylic acid groups (broad SMARTS) is 2. The Balaban J connectivity index is 0. The Morgan fingerprint density at radius 2 is 2.07 bits per heavy atom. The van der Waals surface area contributed by atoms with Crippen LogP contribution in [0.25, 0.3) is 0 Å². The number of pyridine rings is 1. The zero-order chi connectivity index (χ0) is 11.0. The summed E-state index contributed by atoms with van der Waals surface area (Å²) in [5, 5.41) is 17.8. The van der Waals surface area contributed by atoms with Gasteiger partial charge in [0.15, 0.2) is 0 Å². The van der Waals surface area contributed by atoms with Crippen molar-refractivity contribution in [3.63, 3.8) is 0 Å². The van der Waals surface area contributed by atoms with Crippen LogP contribution in [-0.4, -0.2) is 22.0 Å². The number of hydrogen-bond acceptors (Lipinski definition) is 4. The number of hydrogen-bond donors (Lipinski definition) is 1. The molecule has 5 nitrogen and oxygen atoms in total. The van der Waals surface area contributed by atoms with Crippen LogP contribution in [0.5, 0.6) is 0 Å². The van der Waals surface area contributed by atoms with Gasteiger partial charge in [-0.15, -0.1) is 0 Å². The minimum atomic E-state index is -1.19. The van der Waals surface area contributed by atoms with Gasteiger partial charge in [-0.25, -0.2) is 0 Å². The van der Waals surface area contributed by atoms with Crippen molar-refractivity contribution in [3.05, 3.63) is 30.1 Å². The molecule has 0 aliphatic heterocycles. The van der Waals surface area contributed by atoms with Gasteiger partial charge < -0.3 is 15.0 Å². The minimum absolute atomic E-state index is 0. The normalized spacial score (nSPS) is 7.80. The predicted molar refractivity (Wildman–Crippen MR) is 46.5 cm³/mol. The van der Waals surface area contributed by atoms with Crippen molar-refractivity contribution in [1.82, 2.24) is 4.98 Å². The van der Waals surface area contributed by atoms with Crippen LogP contribution in [0.15, 0.2) is 24.5 Å². The summed E-state index contributed by atoms with van der Waals surface area (Å²) in [5.74, 6) is -1.94. The molecule has 0 aromatic carbocycles. The van der Waals surface area contributed by atoms with Gasteiger partial charge in [-0.1, -0.05) is 13.0 Å². The van der Waals surface area contributed by atoms with Gasteiger partial charge in [0.05, 0.1) is 5.97 Å². The molecule has 0 fully saturated rings. The van der Waals surface area contributed by atoms with E-state index in [-0.39, 0.29) is 63.4 Å². The van der Waals surface area contributed by atoms with E-state index in [9.17, 15) is 14.7 Å². The van der Waals surface area contributed by atoms with Crippen LogP contribution in [0, 0.1) is 0 Å². The molecule has 0 radical (unpaired) electrons. The second-order valence-corrected chi connectivity index (χ2v) is 2.28. The summed E-state index contributed by atoms with van der Waals surface area (Å²) in [6.07, 6.45) is 2.97. The number of nitrogens with zero attached hydrogens (tertiary/aromatic N) is 1. The van der Waals surface area contributed by atoms with E-state index in [1.165, 1.54) is 18.5 Å². The number of carboxylic acids is 2. The Kier molecular flexibility index (Phi) is 11.7. The van der Waals surface area contributed by atoms with Gasteiger partial charge in [0.2, 0.25) is 0 Å². The van der Waals surface area contributed by atoms with Gasteiger partial charge in [0.1, 0.15) is 0 Å². The zero-order valence-electron chi connectivity index (χ0n) is 8.64. The SMILES string of the molecule is CCC(=O)O.O=C([O-])c1cccnc1.[K+]. The van der Waals surface area contributed by atoms with Crippen molar-refractivity contribution in [2.45, 2.75) is 13.3 Å². The van der Waals surface area contributed by atoms with Crippen LogP contribution in [0.3, 0.4) is 0 Å². The molecule has 1 aromatic rings. The Morgan fingerprint density at radius 3 is 2.27 bits per heavy atom. The van der Waals surface area contributed by atoms with Crippen LogP contribution in [0.2, 0.25) is 0 Å². The first-order valence-corrected chi connectivity index (χ1v) is 3.91. The molecule has 0 atom stereocenters. The summed E-state index contributed by atoms with van der Waals surface area (Å²) in [6.45, 7) is 1.60. The molecule has 1 N–H and O–H groups in total. The van der Waals surface area contributed by atoms with Crippen molar-refractivity contribution in [1.29, 1.82) is 0 Å². The molecule has 0 bridgehead atoms. The molecule has 1 heterocycles. The van der Waals surface area contributed by atoms with Crippen LogP contribution >= 0.6 is 0 Å². The quantitative estimate of drug-likeness (QED) is 0.549. The number of carbonyl (C=O) groups excluding carboxylic acids is 1. The standard InChI is InChI=1S/C6H5NO2.C3H6O2.K/c8-6(9)5-2-1-3-7-4-5;1-2-3(4)5;/h1-4H,(H,8,9);2H2,1H3,(H,4,5);/q;;+1/p-1. The number of aromatic carboxylic acids is 1. The third-order valence-electron chi connectivity index (χ3n) is 1.20. The number of aliphatic carboxylic acids is 1. The first-order valence-electron chi connectivity index (χ1n) is 3.91. The van der Waals surface area contributed by atoms with Gasteiger partial charge in [0, 0.05) is 24.4 Å². The van der Waals surface area contributed by atoms with Gasteiger partial charge in [-0.2, -0.15) is 0 Å². The molecule has 1 rings (SSSR count). The van der Waals surface area contributed by atoms with Crippen LogP contribution < -0.4 is 56.5 Å². The van der Waals surface area contributed by atoms with Crippen molar-refractivity contribution in [3.8, 4) is 0 Å². The van der Waals surface area contributed by atoms with E-state index in [2.05, 4.69) is 4.98 Å². The van der Waals surface area contributed by atoms with Crippen LogP contribution in [-0.2, 0) is 4.79 Å². The fraction of sp³-hybridized carbons (Fsp3) is 0.222. The summed E-state index contributed by atoms with van der Waals surface area (Å²) >= 11 is 0. The molecule has 6 heteroatoms. The average Bonchev–Trinajstić information content (AvgIpc) is 2.20. The van der Waals surface area contributed by atoms with Gasteiger partial charge in [-0.05, 0) is 6.07 Å². The molecule has 0 saturated heterocycles. The van der Waals surface area contributed by atoms with Gasteiger partial charge in [0.25, 0.3) is 0 Å². The molecule has 0 aliphatic carbocycles. The Hall–Kier alpha value is -0.274. The molecular weight excluding hydrogens is 225 g/mol. The smallest absolute Gasteiger partial charge is 0.545 e.